The maximum atomic E-state index is 12.5. The minimum Gasteiger partial charge on any atom is -0.352 e. The number of halogens is 2. The summed E-state index contributed by atoms with van der Waals surface area (Å²) in [6.45, 7) is 4.63. The van der Waals surface area contributed by atoms with Crippen LogP contribution in [-0.2, 0) is 0 Å². The first kappa shape index (κ1) is 16.0. The zero-order valence-corrected chi connectivity index (χ0v) is 14.2. The fourth-order valence-corrected chi connectivity index (χ4v) is 2.81. The molecule has 1 aromatic heterocycles. The summed E-state index contributed by atoms with van der Waals surface area (Å²) in [7, 11) is 0. The Morgan fingerprint density at radius 3 is 2.35 bits per heavy atom. The molecule has 1 aliphatic heterocycles. The molecule has 120 valence electrons. The van der Waals surface area contributed by atoms with Crippen molar-refractivity contribution in [1.29, 1.82) is 0 Å². The fourth-order valence-electron chi connectivity index (χ4n) is 2.51. The minimum absolute atomic E-state index is 0.0294. The molecule has 1 saturated heterocycles. The Balaban J connectivity index is 1.65. The van der Waals surface area contributed by atoms with Crippen molar-refractivity contribution in [2.24, 2.45) is 0 Å². The predicted octanol–water partition coefficient (Wildman–Crippen LogP) is 3.05. The van der Waals surface area contributed by atoms with Crippen LogP contribution in [0.25, 0.3) is 0 Å². The van der Waals surface area contributed by atoms with Gasteiger partial charge in [0.15, 0.2) is 5.82 Å². The smallest absolute Gasteiger partial charge is 0.254 e. The van der Waals surface area contributed by atoms with Crippen molar-refractivity contribution in [2.75, 3.05) is 31.1 Å². The molecule has 0 bridgehead atoms. The van der Waals surface area contributed by atoms with Crippen LogP contribution in [0.3, 0.4) is 0 Å². The number of aromatic nitrogens is 2. The molecule has 1 aromatic carbocycles. The average molecular weight is 351 g/mol. The number of nitrogens with zero attached hydrogens (tertiary/aromatic N) is 4. The van der Waals surface area contributed by atoms with E-state index in [1.54, 1.807) is 18.2 Å². The molecule has 3 rings (SSSR count). The van der Waals surface area contributed by atoms with Crippen LogP contribution in [0.1, 0.15) is 16.1 Å². The molecule has 0 spiro atoms. The molecule has 0 aliphatic carbocycles. The van der Waals surface area contributed by atoms with Crippen LogP contribution >= 0.6 is 23.2 Å². The molecule has 7 heteroatoms. The minimum atomic E-state index is -0.0294. The van der Waals surface area contributed by atoms with Gasteiger partial charge in [0.2, 0.25) is 0 Å². The molecule has 2 heterocycles. The van der Waals surface area contributed by atoms with Crippen LogP contribution in [0.2, 0.25) is 10.0 Å². The summed E-state index contributed by atoms with van der Waals surface area (Å²) in [6.07, 6.45) is 0. The number of rotatable bonds is 2. The third kappa shape index (κ3) is 3.57. The average Bonchev–Trinajstić information content (AvgIpc) is 2.57. The summed E-state index contributed by atoms with van der Waals surface area (Å²) in [5.74, 6) is 0.815. The molecule has 0 unspecified atom stereocenters. The molecule has 0 radical (unpaired) electrons. The molecular weight excluding hydrogens is 335 g/mol. The zero-order chi connectivity index (χ0) is 16.4. The molecule has 0 saturated carbocycles. The van der Waals surface area contributed by atoms with Crippen LogP contribution < -0.4 is 4.90 Å². The van der Waals surface area contributed by atoms with Gasteiger partial charge < -0.3 is 9.80 Å². The quantitative estimate of drug-likeness (QED) is 0.835. The van der Waals surface area contributed by atoms with Gasteiger partial charge in [-0.05, 0) is 37.3 Å². The summed E-state index contributed by atoms with van der Waals surface area (Å²) >= 11 is 11.9. The first-order valence-corrected chi connectivity index (χ1v) is 8.10. The van der Waals surface area contributed by atoms with Crippen LogP contribution in [0.4, 0.5) is 5.82 Å². The van der Waals surface area contributed by atoms with Crippen molar-refractivity contribution >= 4 is 34.9 Å². The fraction of sp³-hybridized carbons (Fsp3) is 0.312. The van der Waals surface area contributed by atoms with Crippen molar-refractivity contribution in [2.45, 2.75) is 6.92 Å². The molecule has 2 aromatic rings. The van der Waals surface area contributed by atoms with E-state index in [1.165, 1.54) is 0 Å². The van der Waals surface area contributed by atoms with Crippen molar-refractivity contribution in [1.82, 2.24) is 15.1 Å². The number of piperazine rings is 1. The van der Waals surface area contributed by atoms with Crippen LogP contribution in [0.15, 0.2) is 30.3 Å². The van der Waals surface area contributed by atoms with Gasteiger partial charge in [0, 0.05) is 31.7 Å². The lowest BCUT2D eigenvalue weighted by Crippen LogP contribution is -2.49. The van der Waals surface area contributed by atoms with E-state index in [2.05, 4.69) is 15.1 Å². The molecular formula is C16H16Cl2N4O. The Morgan fingerprint density at radius 1 is 1.00 bits per heavy atom. The lowest BCUT2D eigenvalue weighted by molar-refractivity contribution is 0.0746. The lowest BCUT2D eigenvalue weighted by atomic mass is 10.2. The van der Waals surface area contributed by atoms with Crippen molar-refractivity contribution in [3.05, 3.63) is 51.6 Å². The highest BCUT2D eigenvalue weighted by atomic mass is 35.5. The second-order valence-corrected chi connectivity index (χ2v) is 6.26. The number of aryl methyl sites for hydroxylation is 1. The van der Waals surface area contributed by atoms with Crippen LogP contribution in [0.5, 0.6) is 0 Å². The monoisotopic (exact) mass is 350 g/mol. The van der Waals surface area contributed by atoms with Gasteiger partial charge in [-0.2, -0.15) is 5.10 Å². The molecule has 0 N–H and O–H groups in total. The Morgan fingerprint density at radius 2 is 1.74 bits per heavy atom. The zero-order valence-electron chi connectivity index (χ0n) is 12.7. The van der Waals surface area contributed by atoms with E-state index in [0.29, 0.717) is 28.7 Å². The second kappa shape index (κ2) is 6.72. The number of carbonyl (C=O) groups excluding carboxylic acids is 1. The summed E-state index contributed by atoms with van der Waals surface area (Å²) in [6, 6.07) is 8.86. The normalized spacial score (nSPS) is 14.9. The Bertz CT molecular complexity index is 713. The predicted molar refractivity (Wildman–Crippen MR) is 91.3 cm³/mol. The van der Waals surface area contributed by atoms with E-state index < -0.39 is 0 Å². The summed E-state index contributed by atoms with van der Waals surface area (Å²) < 4.78 is 0. The van der Waals surface area contributed by atoms with E-state index in [-0.39, 0.29) is 5.91 Å². The highest BCUT2D eigenvalue weighted by Gasteiger charge is 2.23. The number of hydrogen-bond acceptors (Lipinski definition) is 4. The van der Waals surface area contributed by atoms with Crippen molar-refractivity contribution in [3.63, 3.8) is 0 Å². The number of anilines is 1. The van der Waals surface area contributed by atoms with E-state index in [4.69, 9.17) is 23.2 Å². The topological polar surface area (TPSA) is 49.3 Å². The highest BCUT2D eigenvalue weighted by molar-refractivity contribution is 6.42. The Labute approximate surface area is 144 Å². The van der Waals surface area contributed by atoms with Gasteiger partial charge in [-0.15, -0.1) is 5.10 Å². The Hall–Kier alpha value is -1.85. The SMILES string of the molecule is Cc1ccc(N2CCN(C(=O)c3ccc(Cl)c(Cl)c3)CC2)nn1. The van der Waals surface area contributed by atoms with Gasteiger partial charge >= 0.3 is 0 Å². The van der Waals surface area contributed by atoms with Gasteiger partial charge in [0.1, 0.15) is 0 Å². The molecule has 1 amide bonds. The molecule has 1 aliphatic rings. The summed E-state index contributed by atoms with van der Waals surface area (Å²) in [5, 5.41) is 9.11. The number of amides is 1. The van der Waals surface area contributed by atoms with Crippen molar-refractivity contribution in [3.8, 4) is 0 Å². The van der Waals surface area contributed by atoms with Gasteiger partial charge in [0.25, 0.3) is 5.91 Å². The van der Waals surface area contributed by atoms with Crippen LogP contribution in [0, 0.1) is 6.92 Å². The number of carbonyl (C=O) groups is 1. The standard InChI is InChI=1S/C16H16Cl2N4O/c1-11-2-5-15(20-19-11)21-6-8-22(9-7-21)16(23)12-3-4-13(17)14(18)10-12/h2-5,10H,6-9H2,1H3. The first-order valence-electron chi connectivity index (χ1n) is 7.34. The van der Waals surface area contributed by atoms with Crippen LogP contribution in [-0.4, -0.2) is 47.2 Å². The number of benzene rings is 1. The van der Waals surface area contributed by atoms with E-state index in [0.717, 1.165) is 24.6 Å². The maximum Gasteiger partial charge on any atom is 0.254 e. The summed E-state index contributed by atoms with van der Waals surface area (Å²) in [5.41, 5.74) is 1.45. The van der Waals surface area contributed by atoms with Gasteiger partial charge in [-0.1, -0.05) is 23.2 Å². The molecule has 1 fully saturated rings. The van der Waals surface area contributed by atoms with Gasteiger partial charge in [-0.25, -0.2) is 0 Å². The van der Waals surface area contributed by atoms with Gasteiger partial charge in [-0.3, -0.25) is 4.79 Å². The third-order valence-electron chi connectivity index (χ3n) is 3.84. The number of hydrogen-bond donors (Lipinski definition) is 0. The van der Waals surface area contributed by atoms with E-state index >= 15 is 0 Å². The molecule has 5 nitrogen and oxygen atoms in total. The first-order chi connectivity index (χ1) is 11.0. The van der Waals surface area contributed by atoms with Crippen molar-refractivity contribution < 1.29 is 4.79 Å². The highest BCUT2D eigenvalue weighted by Crippen LogP contribution is 2.23. The largest absolute Gasteiger partial charge is 0.352 e. The second-order valence-electron chi connectivity index (χ2n) is 5.44. The third-order valence-corrected chi connectivity index (χ3v) is 4.58. The van der Waals surface area contributed by atoms with Gasteiger partial charge in [0.05, 0.1) is 15.7 Å². The van der Waals surface area contributed by atoms with E-state index in [9.17, 15) is 4.79 Å². The Kier molecular flexibility index (Phi) is 4.68. The summed E-state index contributed by atoms with van der Waals surface area (Å²) in [4.78, 5) is 16.5. The van der Waals surface area contributed by atoms with E-state index in [1.807, 2.05) is 24.0 Å². The molecule has 0 atom stereocenters. The lowest BCUT2D eigenvalue weighted by Gasteiger charge is -2.35. The maximum absolute atomic E-state index is 12.5. The molecule has 23 heavy (non-hydrogen) atoms.